The summed E-state index contributed by atoms with van der Waals surface area (Å²) in [5, 5.41) is 17.5. The van der Waals surface area contributed by atoms with Gasteiger partial charge in [0.1, 0.15) is 23.7 Å². The van der Waals surface area contributed by atoms with Crippen LogP contribution in [0.2, 0.25) is 10.0 Å². The number of hydrogen-bond acceptors (Lipinski definition) is 4. The number of carboxylic acids is 1. The summed E-state index contributed by atoms with van der Waals surface area (Å²) in [6.45, 7) is 3.96. The van der Waals surface area contributed by atoms with Crippen LogP contribution in [0.4, 0.5) is 0 Å². The molecule has 0 atom stereocenters. The summed E-state index contributed by atoms with van der Waals surface area (Å²) in [4.78, 5) is 11.8. The Balaban J connectivity index is 1.72. The van der Waals surface area contributed by atoms with Crippen molar-refractivity contribution in [3.8, 4) is 33.9 Å². The van der Waals surface area contributed by atoms with E-state index in [4.69, 9.17) is 32.7 Å². The number of rotatable bonds is 5. The first-order valence-corrected chi connectivity index (χ1v) is 11.3. The van der Waals surface area contributed by atoms with E-state index in [1.54, 1.807) is 12.1 Å². The van der Waals surface area contributed by atoms with E-state index in [-0.39, 0.29) is 5.69 Å². The number of ether oxygens (including phenoxy) is 2. The van der Waals surface area contributed by atoms with E-state index in [1.165, 1.54) is 0 Å². The lowest BCUT2D eigenvalue weighted by Gasteiger charge is -2.34. The van der Waals surface area contributed by atoms with Crippen molar-refractivity contribution in [3.63, 3.8) is 0 Å². The van der Waals surface area contributed by atoms with Crippen molar-refractivity contribution < 1.29 is 19.4 Å². The van der Waals surface area contributed by atoms with E-state index < -0.39 is 11.6 Å². The highest BCUT2D eigenvalue weighted by molar-refractivity contribution is 6.36. The summed E-state index contributed by atoms with van der Waals surface area (Å²) >= 11 is 12.8. The highest BCUT2D eigenvalue weighted by Crippen LogP contribution is 2.53. The summed E-state index contributed by atoms with van der Waals surface area (Å²) in [5.41, 5.74) is 3.04. The van der Waals surface area contributed by atoms with Crippen LogP contribution in [-0.4, -0.2) is 21.3 Å². The maximum absolute atomic E-state index is 11.8. The third-order valence-corrected chi connectivity index (χ3v) is 6.30. The van der Waals surface area contributed by atoms with Crippen molar-refractivity contribution >= 4 is 29.2 Å². The predicted octanol–water partition coefficient (Wildman–Crippen LogP) is 6.96. The van der Waals surface area contributed by atoms with Gasteiger partial charge in [-0.1, -0.05) is 59.6 Å². The van der Waals surface area contributed by atoms with Gasteiger partial charge in [0, 0.05) is 16.1 Å². The van der Waals surface area contributed by atoms with Crippen molar-refractivity contribution in [2.24, 2.45) is 0 Å². The lowest BCUT2D eigenvalue weighted by Crippen LogP contribution is -2.31. The monoisotopic (exact) mass is 494 g/mol. The number of nitrogens with one attached hydrogen (secondary N) is 1. The molecule has 1 aliphatic rings. The van der Waals surface area contributed by atoms with Gasteiger partial charge in [-0.25, -0.2) is 4.79 Å². The van der Waals surface area contributed by atoms with Crippen molar-refractivity contribution in [2.75, 3.05) is 0 Å². The van der Waals surface area contributed by atoms with Gasteiger partial charge in [0.25, 0.3) is 0 Å². The van der Waals surface area contributed by atoms with Crippen LogP contribution < -0.4 is 9.47 Å². The molecule has 0 saturated carbocycles. The van der Waals surface area contributed by atoms with E-state index in [1.807, 2.05) is 62.4 Å². The number of aromatic nitrogens is 2. The van der Waals surface area contributed by atoms with Gasteiger partial charge >= 0.3 is 5.97 Å². The predicted molar refractivity (Wildman–Crippen MR) is 131 cm³/mol. The highest BCUT2D eigenvalue weighted by atomic mass is 35.5. The molecule has 0 saturated heterocycles. The zero-order chi connectivity index (χ0) is 24.0. The normalized spacial score (nSPS) is 13.5. The van der Waals surface area contributed by atoms with E-state index in [9.17, 15) is 9.90 Å². The van der Waals surface area contributed by atoms with Crippen LogP contribution in [0.5, 0.6) is 11.5 Å². The number of aromatic carboxylic acids is 1. The van der Waals surface area contributed by atoms with Crippen molar-refractivity contribution in [3.05, 3.63) is 87.5 Å². The van der Waals surface area contributed by atoms with Gasteiger partial charge in [-0.3, -0.25) is 5.10 Å². The fourth-order valence-corrected chi connectivity index (χ4v) is 4.76. The molecule has 0 amide bonds. The molecule has 0 fully saturated rings. The van der Waals surface area contributed by atoms with Crippen LogP contribution >= 0.6 is 23.2 Å². The topological polar surface area (TPSA) is 84.4 Å². The fraction of sp³-hybridized carbons (Fsp3) is 0.154. The Kier molecular flexibility index (Phi) is 5.50. The minimum absolute atomic E-state index is 0.0684. The number of nitrogens with zero attached hydrogens (tertiary/aromatic N) is 1. The quantitative estimate of drug-likeness (QED) is 0.313. The summed E-state index contributed by atoms with van der Waals surface area (Å²) in [6, 6.07) is 18.7. The number of halogens is 2. The Morgan fingerprint density at radius 3 is 2.53 bits per heavy atom. The summed E-state index contributed by atoms with van der Waals surface area (Å²) < 4.78 is 12.7. The minimum Gasteiger partial charge on any atom is -0.488 e. The van der Waals surface area contributed by atoms with Crippen molar-refractivity contribution in [2.45, 2.75) is 26.1 Å². The van der Waals surface area contributed by atoms with E-state index in [0.29, 0.717) is 56.1 Å². The Morgan fingerprint density at radius 2 is 1.82 bits per heavy atom. The Morgan fingerprint density at radius 1 is 1.09 bits per heavy atom. The molecule has 6 nitrogen and oxygen atoms in total. The zero-order valence-electron chi connectivity index (χ0n) is 18.4. The molecule has 0 aliphatic carbocycles. The second-order valence-electron chi connectivity index (χ2n) is 8.45. The lowest BCUT2D eigenvalue weighted by molar-refractivity contribution is 0.0665. The molecular weight excluding hydrogens is 475 g/mol. The van der Waals surface area contributed by atoms with E-state index >= 15 is 0 Å². The highest BCUT2D eigenvalue weighted by Gasteiger charge is 2.41. The maximum atomic E-state index is 11.8. The molecule has 2 heterocycles. The Bertz CT molecular complexity index is 1410. The van der Waals surface area contributed by atoms with Crippen LogP contribution in [0.25, 0.3) is 22.4 Å². The fourth-order valence-electron chi connectivity index (χ4n) is 4.25. The van der Waals surface area contributed by atoms with E-state index in [0.717, 1.165) is 5.56 Å². The van der Waals surface area contributed by atoms with Gasteiger partial charge in [0.15, 0.2) is 5.69 Å². The number of H-pyrrole nitrogens is 1. The van der Waals surface area contributed by atoms with Gasteiger partial charge in [0.2, 0.25) is 0 Å². The molecule has 0 bridgehead atoms. The van der Waals surface area contributed by atoms with Gasteiger partial charge < -0.3 is 14.6 Å². The second kappa shape index (κ2) is 8.38. The van der Waals surface area contributed by atoms with Crippen molar-refractivity contribution in [1.82, 2.24) is 10.2 Å². The summed E-state index contributed by atoms with van der Waals surface area (Å²) in [6.07, 6.45) is 0. The average molecular weight is 495 g/mol. The van der Waals surface area contributed by atoms with Gasteiger partial charge in [-0.05, 0) is 43.7 Å². The first-order chi connectivity index (χ1) is 16.3. The number of fused-ring (bicyclic) bond motifs is 3. The molecule has 0 spiro atoms. The third kappa shape index (κ3) is 3.79. The van der Waals surface area contributed by atoms with Crippen LogP contribution in [0.15, 0.2) is 60.7 Å². The molecule has 4 aromatic rings. The van der Waals surface area contributed by atoms with Gasteiger partial charge in [0.05, 0.1) is 21.8 Å². The Hall–Kier alpha value is -3.48. The first kappa shape index (κ1) is 22.3. The molecule has 8 heteroatoms. The third-order valence-electron chi connectivity index (χ3n) is 5.75. The Labute approximate surface area is 206 Å². The molecule has 34 heavy (non-hydrogen) atoms. The van der Waals surface area contributed by atoms with Gasteiger partial charge in [-0.15, -0.1) is 0 Å². The summed E-state index contributed by atoms with van der Waals surface area (Å²) in [7, 11) is 0. The standard InChI is InChI=1S/C26H20Cl2N2O4/c1-26(2)21-22(29-30-23(21)25(31)32)17-10-11-19(33-13-14-6-4-3-5-7-14)20(24(17)34-26)16-9-8-15(27)12-18(16)28/h3-12H,13H2,1-2H3,(H,29,30)(H,31,32). The average Bonchev–Trinajstić information content (AvgIpc) is 3.26. The number of benzene rings is 3. The van der Waals surface area contributed by atoms with Gasteiger partial charge in [-0.2, -0.15) is 5.10 Å². The van der Waals surface area contributed by atoms with E-state index in [2.05, 4.69) is 10.2 Å². The molecule has 3 aromatic carbocycles. The maximum Gasteiger partial charge on any atom is 0.356 e. The van der Waals surface area contributed by atoms with Crippen molar-refractivity contribution in [1.29, 1.82) is 0 Å². The molecule has 172 valence electrons. The molecular formula is C26H20Cl2N2O4. The van der Waals surface area contributed by atoms with Crippen LogP contribution in [0, 0.1) is 0 Å². The molecule has 0 radical (unpaired) electrons. The van der Waals surface area contributed by atoms with Crippen LogP contribution in [-0.2, 0) is 12.2 Å². The summed E-state index contributed by atoms with van der Waals surface area (Å²) in [5.74, 6) is -0.0293. The molecule has 1 aromatic heterocycles. The molecule has 1 aliphatic heterocycles. The molecule has 5 rings (SSSR count). The second-order valence-corrected chi connectivity index (χ2v) is 9.30. The largest absolute Gasteiger partial charge is 0.488 e. The molecule has 2 N–H and O–H groups in total. The first-order valence-electron chi connectivity index (χ1n) is 10.6. The van der Waals surface area contributed by atoms with Crippen LogP contribution in [0.1, 0.15) is 35.5 Å². The molecule has 0 unspecified atom stereocenters. The SMILES string of the molecule is CC1(C)Oc2c(ccc(OCc3ccccc3)c2-c2ccc(Cl)cc2Cl)-c2[nH]nc(C(=O)O)c21. The number of hydrogen-bond donors (Lipinski definition) is 2. The number of aromatic amines is 1. The minimum atomic E-state index is -1.12. The number of carbonyl (C=O) groups is 1. The smallest absolute Gasteiger partial charge is 0.356 e. The zero-order valence-corrected chi connectivity index (χ0v) is 19.9. The number of carboxylic acid groups (broad SMARTS) is 1. The van der Waals surface area contributed by atoms with Crippen LogP contribution in [0.3, 0.4) is 0 Å². The lowest BCUT2D eigenvalue weighted by atomic mass is 9.87.